The lowest BCUT2D eigenvalue weighted by Gasteiger charge is -2.35. The number of carbonyl (C=O) groups is 2. The zero-order valence-electron chi connectivity index (χ0n) is 14.8. The summed E-state index contributed by atoms with van der Waals surface area (Å²) in [6, 6.07) is 6.53. The maximum absolute atomic E-state index is 12.1. The van der Waals surface area contributed by atoms with E-state index in [0.29, 0.717) is 34.1 Å². The molecule has 136 valence electrons. The summed E-state index contributed by atoms with van der Waals surface area (Å²) in [6.07, 6.45) is 3.51. The largest absolute Gasteiger partial charge is 0.465 e. The quantitative estimate of drug-likeness (QED) is 0.435. The smallest absolute Gasteiger partial charge is 0.337 e. The number of nitrogens with one attached hydrogen (secondary N) is 3. The number of esters is 1. The van der Waals surface area contributed by atoms with Crippen LogP contribution in [0.4, 0.5) is 0 Å². The predicted octanol–water partition coefficient (Wildman–Crippen LogP) is 2.41. The summed E-state index contributed by atoms with van der Waals surface area (Å²) < 4.78 is 4.63. The van der Waals surface area contributed by atoms with Crippen molar-refractivity contribution >= 4 is 29.2 Å². The minimum Gasteiger partial charge on any atom is -0.465 e. The van der Waals surface area contributed by atoms with E-state index in [1.165, 1.54) is 20.0 Å². The number of benzene rings is 1. The van der Waals surface area contributed by atoms with Crippen molar-refractivity contribution in [1.82, 2.24) is 16.2 Å². The van der Waals surface area contributed by atoms with Crippen LogP contribution in [-0.4, -0.2) is 30.1 Å². The molecule has 1 aromatic carbocycles. The van der Waals surface area contributed by atoms with Gasteiger partial charge in [-0.15, -0.1) is 0 Å². The molecule has 0 bridgehead atoms. The van der Waals surface area contributed by atoms with Gasteiger partial charge in [-0.3, -0.25) is 15.6 Å². The molecule has 1 aliphatic rings. The topological polar surface area (TPSA) is 79.5 Å². The van der Waals surface area contributed by atoms with Crippen LogP contribution in [0.2, 0.25) is 0 Å². The highest BCUT2D eigenvalue weighted by Gasteiger charge is 2.27. The van der Waals surface area contributed by atoms with Crippen LogP contribution in [0.3, 0.4) is 0 Å². The van der Waals surface area contributed by atoms with E-state index in [1.807, 2.05) is 0 Å². The maximum atomic E-state index is 12.1. The van der Waals surface area contributed by atoms with Crippen molar-refractivity contribution in [3.05, 3.63) is 35.4 Å². The van der Waals surface area contributed by atoms with Gasteiger partial charge in [-0.2, -0.15) is 0 Å². The molecule has 2 rings (SSSR count). The fourth-order valence-electron chi connectivity index (χ4n) is 3.05. The number of carbonyl (C=O) groups excluding carboxylic acids is 2. The molecule has 0 aliphatic heterocycles. The number of amides is 1. The van der Waals surface area contributed by atoms with Gasteiger partial charge in [0.2, 0.25) is 0 Å². The van der Waals surface area contributed by atoms with Crippen LogP contribution in [0.15, 0.2) is 24.3 Å². The molecule has 25 heavy (non-hydrogen) atoms. The van der Waals surface area contributed by atoms with Gasteiger partial charge in [0.25, 0.3) is 5.91 Å². The van der Waals surface area contributed by atoms with Gasteiger partial charge in [-0.05, 0) is 54.7 Å². The number of ether oxygens (including phenoxy) is 1. The number of rotatable bonds is 3. The number of hydrazine groups is 1. The van der Waals surface area contributed by atoms with Crippen LogP contribution in [0, 0.1) is 11.8 Å². The van der Waals surface area contributed by atoms with Gasteiger partial charge in [-0.1, -0.05) is 26.7 Å². The monoisotopic (exact) mass is 363 g/mol. The minimum atomic E-state index is -0.439. The number of methoxy groups -OCH3 is 1. The van der Waals surface area contributed by atoms with Crippen molar-refractivity contribution < 1.29 is 14.3 Å². The number of thiocarbonyl (C=S) groups is 1. The highest BCUT2D eigenvalue weighted by Crippen LogP contribution is 2.29. The van der Waals surface area contributed by atoms with Crippen molar-refractivity contribution in [3.63, 3.8) is 0 Å². The standard InChI is InChI=1S/C18H25N3O3S/c1-11-5-4-6-15(12(11)2)19-18(25)21-20-16(22)13-7-9-14(10-8-13)17(23)24-3/h7-12,15H,4-6H2,1-3H3,(H,20,22)(H2,19,21,25)/t11-,12+,15+/m0/s1. The molecule has 0 aromatic heterocycles. The Kier molecular flexibility index (Phi) is 6.75. The second kappa shape index (κ2) is 8.80. The van der Waals surface area contributed by atoms with E-state index in [-0.39, 0.29) is 5.91 Å². The van der Waals surface area contributed by atoms with Crippen LogP contribution in [0.1, 0.15) is 53.8 Å². The zero-order valence-corrected chi connectivity index (χ0v) is 15.6. The van der Waals surface area contributed by atoms with E-state index in [2.05, 4.69) is 34.8 Å². The van der Waals surface area contributed by atoms with E-state index >= 15 is 0 Å². The average molecular weight is 363 g/mol. The Morgan fingerprint density at radius 2 is 1.72 bits per heavy atom. The predicted molar refractivity (Wildman–Crippen MR) is 100 cm³/mol. The molecule has 3 N–H and O–H groups in total. The second-order valence-electron chi connectivity index (χ2n) is 6.50. The Labute approximate surface area is 153 Å². The van der Waals surface area contributed by atoms with Gasteiger partial charge < -0.3 is 10.1 Å². The van der Waals surface area contributed by atoms with Crippen molar-refractivity contribution in [3.8, 4) is 0 Å². The SMILES string of the molecule is COC(=O)c1ccc(C(=O)NNC(=S)N[C@@H]2CCC[C@H](C)[C@H]2C)cc1. The first-order valence-electron chi connectivity index (χ1n) is 8.47. The summed E-state index contributed by atoms with van der Waals surface area (Å²) in [5.41, 5.74) is 6.12. The fourth-order valence-corrected chi connectivity index (χ4v) is 3.25. The molecule has 0 saturated heterocycles. The molecule has 3 atom stereocenters. The summed E-state index contributed by atoms with van der Waals surface area (Å²) in [7, 11) is 1.31. The van der Waals surface area contributed by atoms with E-state index in [0.717, 1.165) is 6.42 Å². The van der Waals surface area contributed by atoms with E-state index in [9.17, 15) is 9.59 Å². The van der Waals surface area contributed by atoms with Gasteiger partial charge in [0, 0.05) is 11.6 Å². The lowest BCUT2D eigenvalue weighted by molar-refractivity contribution is 0.0600. The molecule has 7 heteroatoms. The highest BCUT2D eigenvalue weighted by molar-refractivity contribution is 7.80. The van der Waals surface area contributed by atoms with Crippen LogP contribution >= 0.6 is 12.2 Å². The van der Waals surface area contributed by atoms with Crippen molar-refractivity contribution in [2.75, 3.05) is 7.11 Å². The average Bonchev–Trinajstić information content (AvgIpc) is 2.63. The molecular weight excluding hydrogens is 338 g/mol. The van der Waals surface area contributed by atoms with Crippen LogP contribution in [-0.2, 0) is 4.74 Å². The lowest BCUT2D eigenvalue weighted by Crippen LogP contribution is -2.52. The van der Waals surface area contributed by atoms with Crippen molar-refractivity contribution in [1.29, 1.82) is 0 Å². The van der Waals surface area contributed by atoms with Gasteiger partial charge in [0.15, 0.2) is 5.11 Å². The van der Waals surface area contributed by atoms with Gasteiger partial charge in [-0.25, -0.2) is 4.79 Å². The first-order chi connectivity index (χ1) is 11.9. The molecule has 0 radical (unpaired) electrons. The third-order valence-electron chi connectivity index (χ3n) is 4.88. The van der Waals surface area contributed by atoms with E-state index in [1.54, 1.807) is 24.3 Å². The lowest BCUT2D eigenvalue weighted by atomic mass is 9.78. The molecule has 1 saturated carbocycles. The van der Waals surface area contributed by atoms with Crippen LogP contribution in [0.25, 0.3) is 0 Å². The molecule has 6 nitrogen and oxygen atoms in total. The third kappa shape index (κ3) is 5.16. The summed E-state index contributed by atoms with van der Waals surface area (Å²) in [5, 5.41) is 3.69. The van der Waals surface area contributed by atoms with Crippen molar-refractivity contribution in [2.24, 2.45) is 11.8 Å². The van der Waals surface area contributed by atoms with Crippen molar-refractivity contribution in [2.45, 2.75) is 39.2 Å². The zero-order chi connectivity index (χ0) is 18.4. The molecule has 0 unspecified atom stereocenters. The maximum Gasteiger partial charge on any atom is 0.337 e. The second-order valence-corrected chi connectivity index (χ2v) is 6.90. The van der Waals surface area contributed by atoms with Crippen LogP contribution < -0.4 is 16.2 Å². The highest BCUT2D eigenvalue weighted by atomic mass is 32.1. The fraction of sp³-hybridized carbons (Fsp3) is 0.500. The molecule has 0 spiro atoms. The molecule has 1 fully saturated rings. The van der Waals surface area contributed by atoms with Gasteiger partial charge in [0.05, 0.1) is 12.7 Å². The Hall–Kier alpha value is -2.15. The Morgan fingerprint density at radius 1 is 1.08 bits per heavy atom. The summed E-state index contributed by atoms with van der Waals surface area (Å²) in [5.74, 6) is 0.434. The third-order valence-corrected chi connectivity index (χ3v) is 5.10. The minimum absolute atomic E-state index is 0.319. The van der Waals surface area contributed by atoms with Crippen LogP contribution in [0.5, 0.6) is 0 Å². The summed E-state index contributed by atoms with van der Waals surface area (Å²) in [6.45, 7) is 4.49. The van der Waals surface area contributed by atoms with E-state index < -0.39 is 5.97 Å². The Morgan fingerprint density at radius 3 is 2.36 bits per heavy atom. The van der Waals surface area contributed by atoms with Gasteiger partial charge in [0.1, 0.15) is 0 Å². The van der Waals surface area contributed by atoms with Gasteiger partial charge >= 0.3 is 5.97 Å². The first kappa shape index (κ1) is 19.2. The molecule has 1 aliphatic carbocycles. The normalized spacial score (nSPS) is 22.6. The summed E-state index contributed by atoms with van der Waals surface area (Å²) >= 11 is 5.27. The number of hydrogen-bond donors (Lipinski definition) is 3. The molecular formula is C18H25N3O3S. The number of hydrogen-bond acceptors (Lipinski definition) is 4. The Bertz CT molecular complexity index is 633. The molecule has 1 amide bonds. The Balaban J connectivity index is 1.83. The summed E-state index contributed by atoms with van der Waals surface area (Å²) in [4.78, 5) is 23.5. The van der Waals surface area contributed by atoms with E-state index in [4.69, 9.17) is 12.2 Å². The molecule has 1 aromatic rings. The molecule has 0 heterocycles. The first-order valence-corrected chi connectivity index (χ1v) is 8.88.